The van der Waals surface area contributed by atoms with Gasteiger partial charge in [0, 0.05) is 3.57 Å². The molecular formula is C6H4FI. The fourth-order valence-electron chi connectivity index (χ4n) is 0.430. The number of benzene rings is 1. The van der Waals surface area contributed by atoms with Crippen LogP contribution in [0.15, 0.2) is 24.3 Å². The lowest BCUT2D eigenvalue weighted by molar-refractivity contribution is 0.627. The molecule has 1 aromatic rings. The minimum Gasteiger partial charge on any atom is -0.207 e. The zero-order valence-corrected chi connectivity index (χ0v) is 6.22. The maximum absolute atomic E-state index is 12.1. The second-order valence-corrected chi connectivity index (χ2v) is 2.68. The molecule has 8 heavy (non-hydrogen) atoms. The molecule has 0 bridgehead atoms. The van der Waals surface area contributed by atoms with Gasteiger partial charge in [0.1, 0.15) is 5.82 Å². The molecule has 0 amide bonds. The van der Waals surface area contributed by atoms with Gasteiger partial charge in [-0.25, -0.2) is 4.39 Å². The molecule has 2 heteroatoms. The first kappa shape index (κ1) is 6.01. The molecule has 1 rings (SSSR count). The summed E-state index contributed by atoms with van der Waals surface area (Å²) in [5.41, 5.74) is 0. The van der Waals surface area contributed by atoms with Crippen LogP contribution in [0.5, 0.6) is 0 Å². The van der Waals surface area contributed by atoms with E-state index in [1.54, 1.807) is 12.1 Å². The summed E-state index contributed by atoms with van der Waals surface area (Å²) in [6, 6.07) is 6.36. The van der Waals surface area contributed by atoms with E-state index in [1.807, 2.05) is 0 Å². The van der Waals surface area contributed by atoms with E-state index in [-0.39, 0.29) is 5.82 Å². The van der Waals surface area contributed by atoms with Crippen molar-refractivity contribution in [2.75, 3.05) is 0 Å². The van der Waals surface area contributed by atoms with E-state index in [2.05, 4.69) is 22.6 Å². The Morgan fingerprint density at radius 3 is 2.00 bits per heavy atom. The highest BCUT2D eigenvalue weighted by atomic mass is 131. The molecule has 0 saturated carbocycles. The van der Waals surface area contributed by atoms with Crippen LogP contribution in [0.25, 0.3) is 0 Å². The molecule has 0 aromatic heterocycles. The van der Waals surface area contributed by atoms with Crippen LogP contribution in [0, 0.1) is 9.39 Å². The third kappa shape index (κ3) is 1.43. The van der Waals surface area contributed by atoms with Crippen molar-refractivity contribution in [3.8, 4) is 0 Å². The Labute approximate surface area is 60.9 Å². The Morgan fingerprint density at radius 2 is 1.62 bits per heavy atom. The Kier molecular flexibility index (Phi) is 1.83. The minimum absolute atomic E-state index is 0.176. The van der Waals surface area contributed by atoms with Crippen LogP contribution in [0.4, 0.5) is 4.39 Å². The summed E-state index contributed by atoms with van der Waals surface area (Å²) in [6.45, 7) is 0. The van der Waals surface area contributed by atoms with Crippen LogP contribution < -0.4 is 0 Å². The SMILES string of the molecule is Fc1ccc([131I])cc1. The maximum atomic E-state index is 12.1. The molecular weight excluding hydrogens is 222 g/mol. The zero-order chi connectivity index (χ0) is 5.98. The van der Waals surface area contributed by atoms with Gasteiger partial charge < -0.3 is 0 Å². The van der Waals surface area contributed by atoms with Crippen molar-refractivity contribution in [2.45, 2.75) is 0 Å². The molecule has 0 aliphatic carbocycles. The molecule has 0 atom stereocenters. The van der Waals surface area contributed by atoms with E-state index in [0.29, 0.717) is 0 Å². The van der Waals surface area contributed by atoms with Gasteiger partial charge in [0.15, 0.2) is 0 Å². The summed E-state index contributed by atoms with van der Waals surface area (Å²) in [7, 11) is 0. The lowest BCUT2D eigenvalue weighted by atomic mass is 10.4. The molecule has 0 radical (unpaired) electrons. The van der Waals surface area contributed by atoms with Crippen LogP contribution in [0.3, 0.4) is 0 Å². The van der Waals surface area contributed by atoms with E-state index in [1.165, 1.54) is 12.1 Å². The molecule has 0 nitrogen and oxygen atoms in total. The van der Waals surface area contributed by atoms with Gasteiger partial charge in [0.25, 0.3) is 0 Å². The first-order valence-electron chi connectivity index (χ1n) is 2.20. The molecule has 0 fully saturated rings. The second-order valence-electron chi connectivity index (χ2n) is 1.44. The van der Waals surface area contributed by atoms with Crippen molar-refractivity contribution in [2.24, 2.45) is 0 Å². The Morgan fingerprint density at radius 1 is 1.12 bits per heavy atom. The number of rotatable bonds is 0. The topological polar surface area (TPSA) is 0 Å². The van der Waals surface area contributed by atoms with Crippen LogP contribution in [-0.2, 0) is 0 Å². The second kappa shape index (κ2) is 2.44. The van der Waals surface area contributed by atoms with Crippen molar-refractivity contribution in [3.63, 3.8) is 0 Å². The van der Waals surface area contributed by atoms with E-state index < -0.39 is 0 Å². The van der Waals surface area contributed by atoms with Crippen molar-refractivity contribution >= 4 is 22.6 Å². The lowest BCUT2D eigenvalue weighted by Gasteiger charge is -1.85. The van der Waals surface area contributed by atoms with Crippen molar-refractivity contribution in [3.05, 3.63) is 33.7 Å². The summed E-state index contributed by atoms with van der Waals surface area (Å²) < 4.78 is 13.1. The van der Waals surface area contributed by atoms with Gasteiger partial charge in [-0.2, -0.15) is 0 Å². The third-order valence-electron chi connectivity index (χ3n) is 0.804. The molecule has 1 aromatic carbocycles. The Bertz CT molecular complexity index is 147. The van der Waals surface area contributed by atoms with E-state index in [0.717, 1.165) is 3.57 Å². The summed E-state index contributed by atoms with van der Waals surface area (Å²) in [5.74, 6) is -0.176. The molecule has 0 spiro atoms. The molecule has 0 aliphatic heterocycles. The summed E-state index contributed by atoms with van der Waals surface area (Å²) >= 11 is 2.13. The summed E-state index contributed by atoms with van der Waals surface area (Å²) in [5, 5.41) is 0. The molecule has 0 unspecified atom stereocenters. The summed E-state index contributed by atoms with van der Waals surface area (Å²) in [6.07, 6.45) is 0. The largest absolute Gasteiger partial charge is 0.207 e. The molecule has 0 saturated heterocycles. The first-order chi connectivity index (χ1) is 3.79. The van der Waals surface area contributed by atoms with Crippen LogP contribution in [0.1, 0.15) is 0 Å². The van der Waals surface area contributed by atoms with Gasteiger partial charge in [0.05, 0.1) is 0 Å². The van der Waals surface area contributed by atoms with Gasteiger partial charge in [-0.3, -0.25) is 0 Å². The molecule has 0 heterocycles. The highest BCUT2D eigenvalue weighted by molar-refractivity contribution is 14.1. The number of halogens is 2. The normalized spacial score (nSPS) is 9.25. The average Bonchev–Trinajstić information content (AvgIpc) is 1.77. The monoisotopic (exact) mass is 226 g/mol. The van der Waals surface area contributed by atoms with Crippen LogP contribution in [0.2, 0.25) is 0 Å². The van der Waals surface area contributed by atoms with Crippen LogP contribution >= 0.6 is 22.6 Å². The van der Waals surface area contributed by atoms with E-state index in [9.17, 15) is 4.39 Å². The number of hydrogen-bond acceptors (Lipinski definition) is 0. The fourth-order valence-corrected chi connectivity index (χ4v) is 0.789. The maximum Gasteiger partial charge on any atom is 0.123 e. The Hall–Kier alpha value is -0.120. The smallest absolute Gasteiger partial charge is 0.123 e. The zero-order valence-electron chi connectivity index (χ0n) is 4.07. The first-order valence-corrected chi connectivity index (χ1v) is 3.28. The third-order valence-corrected chi connectivity index (χ3v) is 1.52. The standard InChI is InChI=1S/C6H4FI/c7-5-1-3-6(8)4-2-5/h1-4H/i8+4. The molecule has 0 N–H and O–H groups in total. The highest BCUT2D eigenvalue weighted by Crippen LogP contribution is 2.03. The minimum atomic E-state index is -0.176. The number of hydrogen-bond donors (Lipinski definition) is 0. The van der Waals surface area contributed by atoms with E-state index >= 15 is 0 Å². The van der Waals surface area contributed by atoms with Crippen molar-refractivity contribution in [1.29, 1.82) is 0 Å². The fraction of sp³-hybridized carbons (Fsp3) is 0. The van der Waals surface area contributed by atoms with Gasteiger partial charge >= 0.3 is 0 Å². The predicted octanol–water partition coefficient (Wildman–Crippen LogP) is 2.43. The van der Waals surface area contributed by atoms with Gasteiger partial charge in [-0.15, -0.1) is 0 Å². The van der Waals surface area contributed by atoms with Gasteiger partial charge in [-0.05, 0) is 46.9 Å². The quantitative estimate of drug-likeness (QED) is 0.596. The average molecular weight is 226 g/mol. The van der Waals surface area contributed by atoms with Crippen molar-refractivity contribution in [1.82, 2.24) is 0 Å². The highest BCUT2D eigenvalue weighted by Gasteiger charge is 1.84. The lowest BCUT2D eigenvalue weighted by Crippen LogP contribution is -1.70. The van der Waals surface area contributed by atoms with Crippen molar-refractivity contribution < 1.29 is 4.39 Å². The van der Waals surface area contributed by atoms with Crippen LogP contribution in [-0.4, -0.2) is 0 Å². The summed E-state index contributed by atoms with van der Waals surface area (Å²) in [4.78, 5) is 0. The van der Waals surface area contributed by atoms with Gasteiger partial charge in [0.2, 0.25) is 0 Å². The molecule has 0 aliphatic rings. The van der Waals surface area contributed by atoms with Gasteiger partial charge in [-0.1, -0.05) is 0 Å². The predicted molar refractivity (Wildman–Crippen MR) is 39.1 cm³/mol. The molecule has 42 valence electrons. The Balaban J connectivity index is 3.03. The van der Waals surface area contributed by atoms with E-state index in [4.69, 9.17) is 0 Å².